The van der Waals surface area contributed by atoms with Gasteiger partial charge in [-0.05, 0) is 47.9 Å². The summed E-state index contributed by atoms with van der Waals surface area (Å²) >= 11 is 0. The number of pyridine rings is 2. The van der Waals surface area contributed by atoms with Gasteiger partial charge in [0.15, 0.2) is 0 Å². The highest BCUT2D eigenvalue weighted by molar-refractivity contribution is 5.99. The van der Waals surface area contributed by atoms with Crippen LogP contribution in [0.5, 0.6) is 0 Å². The molecule has 0 aliphatic rings. The van der Waals surface area contributed by atoms with Crippen molar-refractivity contribution in [2.75, 3.05) is 6.61 Å². The largest absolute Gasteiger partial charge is 0.462 e. The molecule has 0 fully saturated rings. The molecular weight excluding hydrogens is 307 g/mol. The van der Waals surface area contributed by atoms with E-state index in [4.69, 9.17) is 4.74 Å². The molecule has 0 spiro atoms. The number of carbonyl (C=O) groups is 1. The molecule has 0 radical (unpaired) electrons. The number of rotatable bonds is 4. The van der Waals surface area contributed by atoms with Crippen LogP contribution in [0.4, 0.5) is 4.39 Å². The summed E-state index contributed by atoms with van der Waals surface area (Å²) in [6, 6.07) is 10.2. The average Bonchev–Trinajstić information content (AvgIpc) is 2.63. The lowest BCUT2D eigenvalue weighted by molar-refractivity contribution is 0.0522. The van der Waals surface area contributed by atoms with Crippen molar-refractivity contribution in [2.24, 2.45) is 0 Å². The average molecular weight is 322 g/mol. The highest BCUT2D eigenvalue weighted by Crippen LogP contribution is 2.32. The van der Waals surface area contributed by atoms with E-state index in [1.54, 1.807) is 68.1 Å². The number of ether oxygens (including phenoxy) is 1. The minimum atomic E-state index is -0.683. The Morgan fingerprint density at radius 2 is 1.42 bits per heavy atom. The van der Waals surface area contributed by atoms with E-state index in [2.05, 4.69) is 9.97 Å². The predicted octanol–water partition coefficient (Wildman–Crippen LogP) is 4.13. The number of aromatic nitrogens is 2. The summed E-state index contributed by atoms with van der Waals surface area (Å²) < 4.78 is 20.2. The third kappa shape index (κ3) is 3.01. The highest BCUT2D eigenvalue weighted by Gasteiger charge is 2.22. The van der Waals surface area contributed by atoms with Crippen LogP contribution in [-0.2, 0) is 4.74 Å². The van der Waals surface area contributed by atoms with E-state index in [9.17, 15) is 4.79 Å². The molecule has 3 rings (SSSR count). The topological polar surface area (TPSA) is 52.1 Å². The number of esters is 1. The second-order valence-corrected chi connectivity index (χ2v) is 5.04. The first-order chi connectivity index (χ1) is 11.7. The molecule has 4 nitrogen and oxygen atoms in total. The molecule has 0 saturated carbocycles. The molecule has 0 atom stereocenters. The molecule has 0 amide bonds. The minimum Gasteiger partial charge on any atom is -0.462 e. The molecule has 1 aromatic carbocycles. The zero-order valence-corrected chi connectivity index (χ0v) is 13.1. The normalized spacial score (nSPS) is 10.4. The van der Waals surface area contributed by atoms with Crippen LogP contribution in [0.1, 0.15) is 17.3 Å². The van der Waals surface area contributed by atoms with Crippen LogP contribution in [0.3, 0.4) is 0 Å². The molecule has 0 N–H and O–H groups in total. The van der Waals surface area contributed by atoms with Crippen molar-refractivity contribution in [1.29, 1.82) is 0 Å². The fraction of sp³-hybridized carbons (Fsp3) is 0.105. The first-order valence-corrected chi connectivity index (χ1v) is 7.52. The van der Waals surface area contributed by atoms with Gasteiger partial charge >= 0.3 is 5.97 Å². The summed E-state index contributed by atoms with van der Waals surface area (Å²) in [6.07, 6.45) is 6.35. The molecule has 5 heteroatoms. The van der Waals surface area contributed by atoms with Crippen LogP contribution in [-0.4, -0.2) is 22.5 Å². The Labute approximate surface area is 139 Å². The van der Waals surface area contributed by atoms with Crippen molar-refractivity contribution in [1.82, 2.24) is 9.97 Å². The Hall–Kier alpha value is -3.08. The second-order valence-electron chi connectivity index (χ2n) is 5.04. The Bertz CT molecular complexity index is 852. The number of carbonyl (C=O) groups excluding carboxylic acids is 1. The van der Waals surface area contributed by atoms with E-state index in [-0.39, 0.29) is 12.2 Å². The number of nitrogens with zero attached hydrogens (tertiary/aromatic N) is 2. The number of hydrogen-bond donors (Lipinski definition) is 0. The van der Waals surface area contributed by atoms with E-state index in [0.29, 0.717) is 22.3 Å². The first-order valence-electron chi connectivity index (χ1n) is 7.52. The van der Waals surface area contributed by atoms with Crippen molar-refractivity contribution in [3.8, 4) is 22.3 Å². The molecule has 0 aliphatic heterocycles. The van der Waals surface area contributed by atoms with Crippen molar-refractivity contribution in [2.45, 2.75) is 6.92 Å². The Kier molecular flexibility index (Phi) is 4.61. The van der Waals surface area contributed by atoms with E-state index < -0.39 is 11.8 Å². The number of benzene rings is 1. The zero-order valence-electron chi connectivity index (χ0n) is 13.1. The van der Waals surface area contributed by atoms with E-state index in [1.165, 1.54) is 0 Å². The fourth-order valence-electron chi connectivity index (χ4n) is 2.51. The fourth-order valence-corrected chi connectivity index (χ4v) is 2.51. The molecule has 0 saturated heterocycles. The van der Waals surface area contributed by atoms with Crippen molar-refractivity contribution < 1.29 is 13.9 Å². The second kappa shape index (κ2) is 7.00. The maximum Gasteiger partial charge on any atom is 0.341 e. The summed E-state index contributed by atoms with van der Waals surface area (Å²) in [7, 11) is 0. The summed E-state index contributed by atoms with van der Waals surface area (Å²) in [5, 5.41) is 0. The van der Waals surface area contributed by atoms with Gasteiger partial charge in [-0.15, -0.1) is 0 Å². The lowest BCUT2D eigenvalue weighted by Crippen LogP contribution is -2.10. The van der Waals surface area contributed by atoms with Crippen molar-refractivity contribution >= 4 is 5.97 Å². The van der Waals surface area contributed by atoms with E-state index in [1.807, 2.05) is 0 Å². The molecule has 0 aliphatic carbocycles. The summed E-state index contributed by atoms with van der Waals surface area (Å²) in [5.74, 6) is -1.29. The number of halogens is 1. The minimum absolute atomic E-state index is 0.0719. The SMILES string of the molecule is CCOC(=O)c1c(-c2ccncc2)ccc(-c2ccncc2)c1F. The van der Waals surface area contributed by atoms with Crippen LogP contribution in [0, 0.1) is 5.82 Å². The molecule has 2 aromatic heterocycles. The van der Waals surface area contributed by atoms with E-state index in [0.717, 1.165) is 0 Å². The van der Waals surface area contributed by atoms with Crippen LogP contribution in [0.15, 0.2) is 61.2 Å². The molecular formula is C19H15FN2O2. The van der Waals surface area contributed by atoms with E-state index >= 15 is 4.39 Å². The zero-order chi connectivity index (χ0) is 16.9. The van der Waals surface area contributed by atoms with Crippen LogP contribution in [0.2, 0.25) is 0 Å². The maximum atomic E-state index is 15.1. The summed E-state index contributed by atoms with van der Waals surface area (Å²) in [5.41, 5.74) is 2.09. The van der Waals surface area contributed by atoms with Gasteiger partial charge < -0.3 is 4.74 Å². The smallest absolute Gasteiger partial charge is 0.341 e. The van der Waals surface area contributed by atoms with Gasteiger partial charge in [0, 0.05) is 30.4 Å². The van der Waals surface area contributed by atoms with Gasteiger partial charge in [0.05, 0.1) is 6.61 Å². The lowest BCUT2D eigenvalue weighted by atomic mass is 9.95. The van der Waals surface area contributed by atoms with Gasteiger partial charge in [-0.2, -0.15) is 0 Å². The molecule has 0 bridgehead atoms. The molecule has 3 aromatic rings. The quantitative estimate of drug-likeness (QED) is 0.678. The Balaban J connectivity index is 2.21. The standard InChI is InChI=1S/C19H15FN2O2/c1-2-24-19(23)17-15(13-5-9-21-10-6-13)3-4-16(18(17)20)14-7-11-22-12-8-14/h3-12H,2H2,1H3. The first kappa shape index (κ1) is 15.8. The third-order valence-electron chi connectivity index (χ3n) is 3.60. The van der Waals surface area contributed by atoms with Gasteiger partial charge in [-0.1, -0.05) is 12.1 Å². The Morgan fingerprint density at radius 1 is 0.917 bits per heavy atom. The van der Waals surface area contributed by atoms with Crippen LogP contribution in [0.25, 0.3) is 22.3 Å². The third-order valence-corrected chi connectivity index (χ3v) is 3.60. The highest BCUT2D eigenvalue weighted by atomic mass is 19.1. The van der Waals surface area contributed by atoms with Gasteiger partial charge in [-0.25, -0.2) is 9.18 Å². The van der Waals surface area contributed by atoms with Crippen molar-refractivity contribution in [3.63, 3.8) is 0 Å². The molecule has 24 heavy (non-hydrogen) atoms. The Morgan fingerprint density at radius 3 is 1.96 bits per heavy atom. The van der Waals surface area contributed by atoms with Gasteiger partial charge in [0.1, 0.15) is 11.4 Å². The molecule has 0 unspecified atom stereocenters. The maximum absolute atomic E-state index is 15.1. The monoisotopic (exact) mass is 322 g/mol. The molecule has 2 heterocycles. The predicted molar refractivity (Wildman–Crippen MR) is 88.8 cm³/mol. The van der Waals surface area contributed by atoms with Crippen molar-refractivity contribution in [3.05, 3.63) is 72.6 Å². The van der Waals surface area contributed by atoms with Crippen LogP contribution >= 0.6 is 0 Å². The van der Waals surface area contributed by atoms with Gasteiger partial charge in [-0.3, -0.25) is 9.97 Å². The van der Waals surface area contributed by atoms with Gasteiger partial charge in [0.25, 0.3) is 0 Å². The number of hydrogen-bond acceptors (Lipinski definition) is 4. The summed E-state index contributed by atoms with van der Waals surface area (Å²) in [6.45, 7) is 1.86. The molecule has 120 valence electrons. The summed E-state index contributed by atoms with van der Waals surface area (Å²) in [4.78, 5) is 20.2. The van der Waals surface area contributed by atoms with Gasteiger partial charge in [0.2, 0.25) is 0 Å². The van der Waals surface area contributed by atoms with Crippen LogP contribution < -0.4 is 0 Å². The lowest BCUT2D eigenvalue weighted by Gasteiger charge is -2.13.